The largest absolute Gasteiger partial charge is 0.357 e. The van der Waals surface area contributed by atoms with Gasteiger partial charge in [-0.05, 0) is 25.5 Å². The molecule has 0 saturated carbocycles. The number of benzene rings is 1. The van der Waals surface area contributed by atoms with Crippen molar-refractivity contribution >= 4 is 47.6 Å². The van der Waals surface area contributed by atoms with Crippen LogP contribution >= 0.6 is 35.7 Å². The van der Waals surface area contributed by atoms with Gasteiger partial charge in [0, 0.05) is 30.3 Å². The Kier molecular flexibility index (Phi) is 14.0. The van der Waals surface area contributed by atoms with Gasteiger partial charge in [-0.2, -0.15) is 0 Å². The Morgan fingerprint density at radius 3 is 2.48 bits per heavy atom. The zero-order valence-corrected chi connectivity index (χ0v) is 16.9. The van der Waals surface area contributed by atoms with E-state index in [0.717, 1.165) is 25.3 Å². The summed E-state index contributed by atoms with van der Waals surface area (Å²) in [6, 6.07) is 10.3. The number of halogens is 1. The Hall–Kier alpha value is -0.960. The molecule has 23 heavy (non-hydrogen) atoms. The third-order valence-electron chi connectivity index (χ3n) is 2.70. The SMILES string of the molecule is CCCNC(=O)CN=C(NCC)NCCSc1ccccc1.I. The third-order valence-corrected chi connectivity index (χ3v) is 3.72. The van der Waals surface area contributed by atoms with Crippen LogP contribution in [-0.4, -0.2) is 43.8 Å². The van der Waals surface area contributed by atoms with E-state index in [1.807, 2.05) is 32.0 Å². The van der Waals surface area contributed by atoms with Crippen molar-refractivity contribution in [2.45, 2.75) is 25.2 Å². The number of hydrogen-bond donors (Lipinski definition) is 3. The summed E-state index contributed by atoms with van der Waals surface area (Å²) in [5.74, 6) is 1.58. The van der Waals surface area contributed by atoms with Gasteiger partial charge >= 0.3 is 0 Å². The maximum atomic E-state index is 11.5. The minimum Gasteiger partial charge on any atom is -0.357 e. The average molecular weight is 450 g/mol. The minimum atomic E-state index is -0.0438. The monoisotopic (exact) mass is 450 g/mol. The van der Waals surface area contributed by atoms with Crippen LogP contribution in [0, 0.1) is 0 Å². The maximum absolute atomic E-state index is 11.5. The van der Waals surface area contributed by atoms with Crippen LogP contribution < -0.4 is 16.0 Å². The lowest BCUT2D eigenvalue weighted by Gasteiger charge is -2.11. The fourth-order valence-electron chi connectivity index (χ4n) is 1.67. The first kappa shape index (κ1) is 22.0. The number of guanidine groups is 1. The molecular formula is C16H27IN4OS. The summed E-state index contributed by atoms with van der Waals surface area (Å²) in [7, 11) is 0. The van der Waals surface area contributed by atoms with Gasteiger partial charge in [-0.1, -0.05) is 25.1 Å². The van der Waals surface area contributed by atoms with Gasteiger partial charge in [-0.3, -0.25) is 4.79 Å². The van der Waals surface area contributed by atoms with Crippen LogP contribution in [0.15, 0.2) is 40.2 Å². The molecule has 0 aliphatic heterocycles. The Labute approximate surface area is 160 Å². The zero-order chi connectivity index (χ0) is 16.0. The topological polar surface area (TPSA) is 65.5 Å². The number of carbonyl (C=O) groups excluding carboxylic acids is 1. The van der Waals surface area contributed by atoms with Gasteiger partial charge in [-0.15, -0.1) is 35.7 Å². The number of nitrogens with zero attached hydrogens (tertiary/aromatic N) is 1. The number of nitrogens with one attached hydrogen (secondary N) is 3. The van der Waals surface area contributed by atoms with Crippen molar-refractivity contribution in [1.82, 2.24) is 16.0 Å². The van der Waals surface area contributed by atoms with Crippen LogP contribution in [0.2, 0.25) is 0 Å². The van der Waals surface area contributed by atoms with Crippen molar-refractivity contribution in [2.75, 3.05) is 31.9 Å². The molecule has 7 heteroatoms. The van der Waals surface area contributed by atoms with Gasteiger partial charge in [0.05, 0.1) is 0 Å². The van der Waals surface area contributed by atoms with E-state index in [-0.39, 0.29) is 36.4 Å². The van der Waals surface area contributed by atoms with E-state index in [1.54, 1.807) is 11.8 Å². The zero-order valence-electron chi connectivity index (χ0n) is 13.8. The molecule has 1 amide bonds. The first-order valence-electron chi connectivity index (χ1n) is 7.73. The summed E-state index contributed by atoms with van der Waals surface area (Å²) >= 11 is 1.79. The van der Waals surface area contributed by atoms with E-state index in [1.165, 1.54) is 4.90 Å². The highest BCUT2D eigenvalue weighted by atomic mass is 127. The molecule has 1 aromatic carbocycles. The van der Waals surface area contributed by atoms with Gasteiger partial charge in [0.15, 0.2) is 5.96 Å². The normalized spacial score (nSPS) is 10.6. The van der Waals surface area contributed by atoms with E-state index in [2.05, 4.69) is 33.1 Å². The van der Waals surface area contributed by atoms with Gasteiger partial charge < -0.3 is 16.0 Å². The standard InChI is InChI=1S/C16H26N4OS.HI/c1-3-10-18-15(21)13-20-16(17-4-2)19-11-12-22-14-8-6-5-7-9-14;/h5-9H,3-4,10-13H2,1-2H3,(H,18,21)(H2,17,19,20);1H. The Balaban J connectivity index is 0.00000484. The predicted molar refractivity (Wildman–Crippen MR) is 110 cm³/mol. The molecule has 5 nitrogen and oxygen atoms in total. The lowest BCUT2D eigenvalue weighted by Crippen LogP contribution is -2.39. The van der Waals surface area contributed by atoms with Gasteiger partial charge in [0.2, 0.25) is 5.91 Å². The van der Waals surface area contributed by atoms with Crippen molar-refractivity contribution in [2.24, 2.45) is 4.99 Å². The molecule has 0 saturated heterocycles. The van der Waals surface area contributed by atoms with Crippen LogP contribution in [0.3, 0.4) is 0 Å². The first-order chi connectivity index (χ1) is 10.8. The van der Waals surface area contributed by atoms with Crippen molar-refractivity contribution < 1.29 is 4.79 Å². The molecule has 1 aromatic rings. The Bertz CT molecular complexity index is 457. The first-order valence-corrected chi connectivity index (χ1v) is 8.71. The number of hydrogen-bond acceptors (Lipinski definition) is 3. The Morgan fingerprint density at radius 1 is 1.09 bits per heavy atom. The van der Waals surface area contributed by atoms with Crippen molar-refractivity contribution in [3.05, 3.63) is 30.3 Å². The van der Waals surface area contributed by atoms with E-state index in [4.69, 9.17) is 0 Å². The molecule has 0 radical (unpaired) electrons. The fourth-order valence-corrected chi connectivity index (χ4v) is 2.46. The summed E-state index contributed by atoms with van der Waals surface area (Å²) < 4.78 is 0. The van der Waals surface area contributed by atoms with Crippen molar-refractivity contribution in [3.63, 3.8) is 0 Å². The second kappa shape index (κ2) is 14.6. The third kappa shape index (κ3) is 11.2. The van der Waals surface area contributed by atoms with Crippen LogP contribution in [0.1, 0.15) is 20.3 Å². The van der Waals surface area contributed by atoms with Gasteiger partial charge in [-0.25, -0.2) is 4.99 Å². The van der Waals surface area contributed by atoms with Gasteiger partial charge in [0.25, 0.3) is 0 Å². The van der Waals surface area contributed by atoms with Crippen LogP contribution in [0.25, 0.3) is 0 Å². The summed E-state index contributed by atoms with van der Waals surface area (Å²) in [5.41, 5.74) is 0. The molecule has 0 heterocycles. The molecule has 3 N–H and O–H groups in total. The van der Waals surface area contributed by atoms with Crippen LogP contribution in [0.5, 0.6) is 0 Å². The van der Waals surface area contributed by atoms with Crippen molar-refractivity contribution in [1.29, 1.82) is 0 Å². The lowest BCUT2D eigenvalue weighted by molar-refractivity contribution is -0.119. The molecule has 0 atom stereocenters. The van der Waals surface area contributed by atoms with E-state index in [9.17, 15) is 4.79 Å². The quantitative estimate of drug-likeness (QED) is 0.178. The van der Waals surface area contributed by atoms with E-state index < -0.39 is 0 Å². The smallest absolute Gasteiger partial charge is 0.241 e. The summed E-state index contributed by atoms with van der Waals surface area (Å²) in [6.45, 7) is 6.45. The number of carbonyl (C=O) groups is 1. The van der Waals surface area contributed by atoms with E-state index in [0.29, 0.717) is 12.5 Å². The maximum Gasteiger partial charge on any atom is 0.241 e. The van der Waals surface area contributed by atoms with Crippen LogP contribution in [-0.2, 0) is 4.79 Å². The lowest BCUT2D eigenvalue weighted by atomic mass is 10.4. The number of amides is 1. The molecule has 1 rings (SSSR count). The molecule has 130 valence electrons. The molecule has 0 spiro atoms. The number of aliphatic imine (C=N–C) groups is 1. The van der Waals surface area contributed by atoms with Crippen molar-refractivity contribution in [3.8, 4) is 0 Å². The highest BCUT2D eigenvalue weighted by Crippen LogP contribution is 2.15. The highest BCUT2D eigenvalue weighted by molar-refractivity contribution is 14.0. The highest BCUT2D eigenvalue weighted by Gasteiger charge is 2.01. The average Bonchev–Trinajstić information content (AvgIpc) is 2.55. The molecule has 0 aliphatic rings. The number of thioether (sulfide) groups is 1. The van der Waals surface area contributed by atoms with Gasteiger partial charge in [0.1, 0.15) is 6.54 Å². The summed E-state index contributed by atoms with van der Waals surface area (Å²) in [6.07, 6.45) is 0.935. The Morgan fingerprint density at radius 2 is 1.83 bits per heavy atom. The molecule has 0 aliphatic carbocycles. The molecular weight excluding hydrogens is 423 g/mol. The second-order valence-corrected chi connectivity index (χ2v) is 5.80. The molecule has 0 unspecified atom stereocenters. The summed E-state index contributed by atoms with van der Waals surface area (Å²) in [5, 5.41) is 9.20. The summed E-state index contributed by atoms with van der Waals surface area (Å²) in [4.78, 5) is 17.1. The molecule has 0 aromatic heterocycles. The molecule has 0 bridgehead atoms. The van der Waals surface area contributed by atoms with Crippen LogP contribution in [0.4, 0.5) is 0 Å². The second-order valence-electron chi connectivity index (χ2n) is 4.63. The number of rotatable bonds is 9. The molecule has 0 fully saturated rings. The van der Waals surface area contributed by atoms with E-state index >= 15 is 0 Å². The minimum absolute atomic E-state index is 0. The predicted octanol–water partition coefficient (Wildman–Crippen LogP) is 2.48. The fraction of sp³-hybridized carbons (Fsp3) is 0.500.